The predicted octanol–water partition coefficient (Wildman–Crippen LogP) is 5.00. The number of nitrogens with zero attached hydrogens (tertiary/aromatic N) is 5. The van der Waals surface area contributed by atoms with Gasteiger partial charge < -0.3 is 4.74 Å². The molecule has 4 aromatic rings. The van der Waals surface area contributed by atoms with Crippen LogP contribution in [0.5, 0.6) is 0 Å². The zero-order valence-electron chi connectivity index (χ0n) is 21.7. The van der Waals surface area contributed by atoms with Crippen molar-refractivity contribution in [2.45, 2.75) is 38.4 Å². The third-order valence-electron chi connectivity index (χ3n) is 7.58. The normalized spacial score (nSPS) is 15.8. The molecule has 1 unspecified atom stereocenters. The highest BCUT2D eigenvalue weighted by molar-refractivity contribution is 5.77. The molecule has 0 amide bonds. The molecule has 6 heteroatoms. The van der Waals surface area contributed by atoms with Gasteiger partial charge in [-0.25, -0.2) is 0 Å². The molecule has 37 heavy (non-hydrogen) atoms. The second kappa shape index (κ2) is 12.9. The van der Waals surface area contributed by atoms with Crippen LogP contribution in [0.25, 0.3) is 11.0 Å². The van der Waals surface area contributed by atoms with Crippen molar-refractivity contribution >= 4 is 11.0 Å². The van der Waals surface area contributed by atoms with Crippen molar-refractivity contribution in [2.24, 2.45) is 5.92 Å². The number of para-hydroxylation sites is 1. The summed E-state index contributed by atoms with van der Waals surface area (Å²) in [6.07, 6.45) is 8.86. The van der Waals surface area contributed by atoms with Gasteiger partial charge in [-0.1, -0.05) is 48.5 Å². The average molecular weight is 496 g/mol. The van der Waals surface area contributed by atoms with Crippen LogP contribution in [0.3, 0.4) is 0 Å². The van der Waals surface area contributed by atoms with Gasteiger partial charge in [-0.3, -0.25) is 24.8 Å². The van der Waals surface area contributed by atoms with Crippen LogP contribution in [0.1, 0.15) is 29.7 Å². The number of hydrogen-bond acceptors (Lipinski definition) is 6. The summed E-state index contributed by atoms with van der Waals surface area (Å²) in [6.45, 7) is 5.57. The van der Waals surface area contributed by atoms with Crippen molar-refractivity contribution in [3.63, 3.8) is 0 Å². The SMILES string of the molecule is COCCN(Cc1ccccn1)C(Cc1ccccc1)C1CCN(Cc2cccc3nccnc23)CC1. The van der Waals surface area contributed by atoms with E-state index >= 15 is 0 Å². The molecule has 0 saturated carbocycles. The maximum absolute atomic E-state index is 5.53. The number of pyridine rings is 1. The Bertz CT molecular complexity index is 1220. The van der Waals surface area contributed by atoms with Crippen LogP contribution in [-0.4, -0.2) is 64.1 Å². The summed E-state index contributed by atoms with van der Waals surface area (Å²) >= 11 is 0. The zero-order chi connectivity index (χ0) is 25.3. The first kappa shape index (κ1) is 25.5. The third kappa shape index (κ3) is 6.77. The quantitative estimate of drug-likeness (QED) is 0.292. The van der Waals surface area contributed by atoms with Crippen molar-refractivity contribution in [1.29, 1.82) is 0 Å². The molecular formula is C31H37N5O. The molecule has 1 aliphatic rings. The van der Waals surface area contributed by atoms with Crippen LogP contribution >= 0.6 is 0 Å². The Kier molecular flexibility index (Phi) is 8.85. The van der Waals surface area contributed by atoms with E-state index in [1.807, 2.05) is 18.3 Å². The highest BCUT2D eigenvalue weighted by Crippen LogP contribution is 2.29. The first-order valence-electron chi connectivity index (χ1n) is 13.4. The van der Waals surface area contributed by atoms with Gasteiger partial charge in [0.2, 0.25) is 0 Å². The molecule has 5 rings (SSSR count). The second-order valence-electron chi connectivity index (χ2n) is 10.00. The summed E-state index contributed by atoms with van der Waals surface area (Å²) in [5, 5.41) is 0. The van der Waals surface area contributed by atoms with Crippen molar-refractivity contribution in [1.82, 2.24) is 24.8 Å². The molecule has 0 spiro atoms. The Morgan fingerprint density at radius 1 is 0.892 bits per heavy atom. The van der Waals surface area contributed by atoms with Gasteiger partial charge in [-0.15, -0.1) is 0 Å². The molecule has 0 N–H and O–H groups in total. The number of methoxy groups -OCH3 is 1. The number of piperidine rings is 1. The van der Waals surface area contributed by atoms with Crippen LogP contribution in [-0.2, 0) is 24.2 Å². The minimum absolute atomic E-state index is 0.435. The Hall–Kier alpha value is -3.19. The lowest BCUT2D eigenvalue weighted by Crippen LogP contribution is -2.47. The van der Waals surface area contributed by atoms with E-state index in [0.717, 1.165) is 62.5 Å². The number of benzene rings is 2. The topological polar surface area (TPSA) is 54.4 Å². The molecule has 2 aromatic heterocycles. The fourth-order valence-electron chi connectivity index (χ4n) is 5.64. The molecule has 0 bridgehead atoms. The third-order valence-corrected chi connectivity index (χ3v) is 7.58. The van der Waals surface area contributed by atoms with Gasteiger partial charge in [0.05, 0.1) is 23.3 Å². The summed E-state index contributed by atoms with van der Waals surface area (Å²) in [6, 6.07) is 23.9. The molecule has 0 aliphatic carbocycles. The summed E-state index contributed by atoms with van der Waals surface area (Å²) in [5.74, 6) is 0.615. The maximum Gasteiger partial charge on any atom is 0.0931 e. The fourth-order valence-corrected chi connectivity index (χ4v) is 5.64. The lowest BCUT2D eigenvalue weighted by atomic mass is 9.84. The Morgan fingerprint density at radius 3 is 2.49 bits per heavy atom. The molecule has 1 fully saturated rings. The molecule has 1 atom stereocenters. The van der Waals surface area contributed by atoms with Gasteiger partial charge in [0.15, 0.2) is 0 Å². The van der Waals surface area contributed by atoms with Gasteiger partial charge in [0.1, 0.15) is 0 Å². The van der Waals surface area contributed by atoms with Crippen LogP contribution in [0, 0.1) is 5.92 Å². The average Bonchev–Trinajstić information content (AvgIpc) is 2.96. The highest BCUT2D eigenvalue weighted by atomic mass is 16.5. The van der Waals surface area contributed by atoms with E-state index < -0.39 is 0 Å². The minimum atomic E-state index is 0.435. The van der Waals surface area contributed by atoms with Gasteiger partial charge in [0, 0.05) is 51.4 Å². The van der Waals surface area contributed by atoms with Crippen molar-refractivity contribution < 1.29 is 4.74 Å². The molecule has 1 aliphatic heterocycles. The van der Waals surface area contributed by atoms with E-state index in [1.54, 1.807) is 19.5 Å². The summed E-state index contributed by atoms with van der Waals surface area (Å²) in [4.78, 5) is 18.9. The Morgan fingerprint density at radius 2 is 1.70 bits per heavy atom. The van der Waals surface area contributed by atoms with Crippen LogP contribution in [0.4, 0.5) is 0 Å². The fraction of sp³-hybridized carbons (Fsp3) is 0.387. The number of ether oxygens (including phenoxy) is 1. The zero-order valence-corrected chi connectivity index (χ0v) is 21.7. The molecular weight excluding hydrogens is 458 g/mol. The Balaban J connectivity index is 1.31. The summed E-state index contributed by atoms with van der Waals surface area (Å²) in [5.41, 5.74) is 5.77. The molecule has 0 radical (unpaired) electrons. The first-order chi connectivity index (χ1) is 18.3. The number of likely N-dealkylation sites (tertiary alicyclic amines) is 1. The molecule has 3 heterocycles. The minimum Gasteiger partial charge on any atom is -0.383 e. The molecule has 192 valence electrons. The van der Waals surface area contributed by atoms with Gasteiger partial charge in [-0.05, 0) is 67.6 Å². The van der Waals surface area contributed by atoms with Gasteiger partial charge in [0.25, 0.3) is 0 Å². The molecule has 6 nitrogen and oxygen atoms in total. The lowest BCUT2D eigenvalue weighted by Gasteiger charge is -2.41. The van der Waals surface area contributed by atoms with Crippen LogP contribution in [0.15, 0.2) is 85.3 Å². The van der Waals surface area contributed by atoms with E-state index in [4.69, 9.17) is 4.74 Å². The van der Waals surface area contributed by atoms with Crippen LogP contribution < -0.4 is 0 Å². The van der Waals surface area contributed by atoms with E-state index in [-0.39, 0.29) is 0 Å². The van der Waals surface area contributed by atoms with Gasteiger partial charge in [-0.2, -0.15) is 0 Å². The van der Waals surface area contributed by atoms with Crippen LogP contribution in [0.2, 0.25) is 0 Å². The molecule has 2 aromatic carbocycles. The first-order valence-corrected chi connectivity index (χ1v) is 13.4. The summed E-state index contributed by atoms with van der Waals surface area (Å²) < 4.78 is 5.53. The number of rotatable bonds is 11. The predicted molar refractivity (Wildman–Crippen MR) is 148 cm³/mol. The van der Waals surface area contributed by atoms with E-state index in [0.29, 0.717) is 12.0 Å². The lowest BCUT2D eigenvalue weighted by molar-refractivity contribution is 0.0565. The number of hydrogen-bond donors (Lipinski definition) is 0. The van der Waals surface area contributed by atoms with E-state index in [1.165, 1.54) is 24.0 Å². The highest BCUT2D eigenvalue weighted by Gasteiger charge is 2.31. The largest absolute Gasteiger partial charge is 0.383 e. The van der Waals surface area contributed by atoms with E-state index in [9.17, 15) is 0 Å². The van der Waals surface area contributed by atoms with Crippen molar-refractivity contribution in [3.05, 3.63) is 102 Å². The summed E-state index contributed by atoms with van der Waals surface area (Å²) in [7, 11) is 1.79. The monoisotopic (exact) mass is 495 g/mol. The number of aromatic nitrogens is 3. The van der Waals surface area contributed by atoms with Crippen molar-refractivity contribution in [3.8, 4) is 0 Å². The smallest absolute Gasteiger partial charge is 0.0931 e. The Labute approximate surface area is 220 Å². The molecule has 1 saturated heterocycles. The standard InChI is InChI=1S/C31H37N5O/c1-37-21-20-36(24-28-11-5-6-15-32-28)30(22-25-8-3-2-4-9-25)26-13-18-35(19-14-26)23-27-10-7-12-29-31(27)34-17-16-33-29/h2-12,15-17,26,30H,13-14,18-24H2,1H3. The van der Waals surface area contributed by atoms with Gasteiger partial charge >= 0.3 is 0 Å². The van der Waals surface area contributed by atoms with Crippen molar-refractivity contribution in [2.75, 3.05) is 33.4 Å². The second-order valence-corrected chi connectivity index (χ2v) is 10.00. The maximum atomic E-state index is 5.53. The van der Waals surface area contributed by atoms with E-state index in [2.05, 4.69) is 79.3 Å². The number of fused-ring (bicyclic) bond motifs is 1.